The largest absolute Gasteiger partial charge is 0.496 e. The molecule has 0 aliphatic carbocycles. The number of hydrogen-bond donors (Lipinski definition) is 1. The Morgan fingerprint density at radius 3 is 2.94 bits per heavy atom. The van der Waals surface area contributed by atoms with Crippen molar-refractivity contribution in [2.45, 2.75) is 32.2 Å². The smallest absolute Gasteiger partial charge is 0.126 e. The molecule has 0 amide bonds. The van der Waals surface area contributed by atoms with E-state index >= 15 is 0 Å². The Balaban J connectivity index is 2.25. The molecule has 1 unspecified atom stereocenters. The van der Waals surface area contributed by atoms with Gasteiger partial charge < -0.3 is 10.1 Å². The molecule has 1 aliphatic rings. The fourth-order valence-corrected chi connectivity index (χ4v) is 2.33. The van der Waals surface area contributed by atoms with E-state index in [1.807, 2.05) is 6.92 Å². The van der Waals surface area contributed by atoms with E-state index < -0.39 is 0 Å². The molecular weight excluding hydrogens is 205 g/mol. The number of methoxy groups -OCH3 is 1. The number of benzene rings is 1. The third-order valence-electron chi connectivity index (χ3n) is 3.32. The van der Waals surface area contributed by atoms with Crippen LogP contribution in [0.1, 0.15) is 24.0 Å². The van der Waals surface area contributed by atoms with Crippen LogP contribution in [0.4, 0.5) is 4.39 Å². The maximum Gasteiger partial charge on any atom is 0.126 e. The van der Waals surface area contributed by atoms with Crippen LogP contribution in [0.2, 0.25) is 0 Å². The monoisotopic (exact) mass is 223 g/mol. The van der Waals surface area contributed by atoms with Crippen molar-refractivity contribution in [2.24, 2.45) is 0 Å². The lowest BCUT2D eigenvalue weighted by Gasteiger charge is -2.16. The molecule has 1 saturated heterocycles. The molecule has 88 valence electrons. The van der Waals surface area contributed by atoms with E-state index in [1.54, 1.807) is 13.2 Å². The second-order valence-corrected chi connectivity index (χ2v) is 4.35. The SMILES string of the molecule is COc1ccc(F)c(C)c1CC1CCCN1. The lowest BCUT2D eigenvalue weighted by atomic mass is 9.98. The Labute approximate surface area is 95.8 Å². The summed E-state index contributed by atoms with van der Waals surface area (Å²) in [6, 6.07) is 3.65. The quantitative estimate of drug-likeness (QED) is 0.849. The van der Waals surface area contributed by atoms with E-state index in [9.17, 15) is 4.39 Å². The molecule has 0 spiro atoms. The first kappa shape index (κ1) is 11.4. The fraction of sp³-hybridized carbons (Fsp3) is 0.538. The molecule has 3 heteroatoms. The van der Waals surface area contributed by atoms with Gasteiger partial charge in [-0.3, -0.25) is 0 Å². The molecule has 1 fully saturated rings. The first-order valence-corrected chi connectivity index (χ1v) is 5.77. The minimum atomic E-state index is -0.145. The van der Waals surface area contributed by atoms with Crippen molar-refractivity contribution in [2.75, 3.05) is 13.7 Å². The molecule has 1 heterocycles. The average Bonchev–Trinajstić information content (AvgIpc) is 2.78. The number of hydrogen-bond acceptors (Lipinski definition) is 2. The Hall–Kier alpha value is -1.09. The predicted octanol–water partition coefficient (Wildman–Crippen LogP) is 2.44. The van der Waals surface area contributed by atoms with E-state index in [0.717, 1.165) is 24.3 Å². The minimum absolute atomic E-state index is 0.145. The van der Waals surface area contributed by atoms with Crippen molar-refractivity contribution in [3.8, 4) is 5.75 Å². The number of ether oxygens (including phenoxy) is 1. The van der Waals surface area contributed by atoms with Gasteiger partial charge >= 0.3 is 0 Å². The normalized spacial score (nSPS) is 20.1. The summed E-state index contributed by atoms with van der Waals surface area (Å²) < 4.78 is 18.8. The van der Waals surface area contributed by atoms with Crippen LogP contribution in [0.15, 0.2) is 12.1 Å². The lowest BCUT2D eigenvalue weighted by Crippen LogP contribution is -2.24. The van der Waals surface area contributed by atoms with Crippen LogP contribution in [0, 0.1) is 12.7 Å². The molecule has 0 bridgehead atoms. The Bertz CT molecular complexity index is 372. The van der Waals surface area contributed by atoms with Gasteiger partial charge in [0.2, 0.25) is 0 Å². The van der Waals surface area contributed by atoms with Gasteiger partial charge in [-0.05, 0) is 50.4 Å². The maximum absolute atomic E-state index is 13.5. The highest BCUT2D eigenvalue weighted by molar-refractivity contribution is 5.41. The van der Waals surface area contributed by atoms with Crippen molar-refractivity contribution in [1.29, 1.82) is 0 Å². The van der Waals surface area contributed by atoms with Crippen LogP contribution in [-0.2, 0) is 6.42 Å². The van der Waals surface area contributed by atoms with Gasteiger partial charge in [-0.25, -0.2) is 4.39 Å². The van der Waals surface area contributed by atoms with Crippen LogP contribution in [0.5, 0.6) is 5.75 Å². The van der Waals surface area contributed by atoms with Gasteiger partial charge in [0, 0.05) is 11.6 Å². The van der Waals surface area contributed by atoms with E-state index in [-0.39, 0.29) is 5.82 Å². The van der Waals surface area contributed by atoms with Crippen LogP contribution < -0.4 is 10.1 Å². The topological polar surface area (TPSA) is 21.3 Å². The number of nitrogens with one attached hydrogen (secondary N) is 1. The molecule has 1 aliphatic heterocycles. The molecule has 2 nitrogen and oxygen atoms in total. The van der Waals surface area contributed by atoms with E-state index in [1.165, 1.54) is 18.9 Å². The summed E-state index contributed by atoms with van der Waals surface area (Å²) in [5, 5.41) is 3.43. The maximum atomic E-state index is 13.5. The highest BCUT2D eigenvalue weighted by atomic mass is 19.1. The van der Waals surface area contributed by atoms with Gasteiger partial charge in [0.25, 0.3) is 0 Å². The van der Waals surface area contributed by atoms with Crippen molar-refractivity contribution >= 4 is 0 Å². The Morgan fingerprint density at radius 1 is 1.50 bits per heavy atom. The highest BCUT2D eigenvalue weighted by Crippen LogP contribution is 2.27. The number of rotatable bonds is 3. The summed E-state index contributed by atoms with van der Waals surface area (Å²) in [4.78, 5) is 0. The zero-order valence-corrected chi connectivity index (χ0v) is 9.85. The van der Waals surface area contributed by atoms with Crippen LogP contribution in [0.3, 0.4) is 0 Å². The summed E-state index contributed by atoms with van der Waals surface area (Å²) >= 11 is 0. The molecule has 2 rings (SSSR count). The fourth-order valence-electron chi connectivity index (χ4n) is 2.33. The zero-order valence-electron chi connectivity index (χ0n) is 9.85. The summed E-state index contributed by atoms with van der Waals surface area (Å²) in [7, 11) is 1.64. The molecule has 0 saturated carbocycles. The van der Waals surface area contributed by atoms with Gasteiger partial charge in [-0.2, -0.15) is 0 Å². The minimum Gasteiger partial charge on any atom is -0.496 e. The standard InChI is InChI=1S/C13H18FNO/c1-9-11(8-10-4-3-7-15-10)13(16-2)6-5-12(9)14/h5-6,10,15H,3-4,7-8H2,1-2H3. The third kappa shape index (κ3) is 2.19. The highest BCUT2D eigenvalue weighted by Gasteiger charge is 2.19. The molecule has 1 N–H and O–H groups in total. The summed E-state index contributed by atoms with van der Waals surface area (Å²) in [6.45, 7) is 2.89. The Kier molecular flexibility index (Phi) is 3.44. The van der Waals surface area contributed by atoms with Gasteiger partial charge in [-0.15, -0.1) is 0 Å². The lowest BCUT2D eigenvalue weighted by molar-refractivity contribution is 0.404. The zero-order chi connectivity index (χ0) is 11.5. The Morgan fingerprint density at radius 2 is 2.31 bits per heavy atom. The van der Waals surface area contributed by atoms with E-state index in [4.69, 9.17) is 4.74 Å². The van der Waals surface area contributed by atoms with Crippen LogP contribution in [-0.4, -0.2) is 19.7 Å². The summed E-state index contributed by atoms with van der Waals surface area (Å²) in [5.41, 5.74) is 1.72. The van der Waals surface area contributed by atoms with Gasteiger partial charge in [0.1, 0.15) is 11.6 Å². The second-order valence-electron chi connectivity index (χ2n) is 4.35. The summed E-state index contributed by atoms with van der Waals surface area (Å²) in [6.07, 6.45) is 3.23. The molecular formula is C13H18FNO. The van der Waals surface area contributed by atoms with Crippen LogP contribution >= 0.6 is 0 Å². The molecule has 1 aromatic carbocycles. The second kappa shape index (κ2) is 4.83. The first-order chi connectivity index (χ1) is 7.72. The third-order valence-corrected chi connectivity index (χ3v) is 3.32. The van der Waals surface area contributed by atoms with Crippen molar-refractivity contribution in [3.63, 3.8) is 0 Å². The van der Waals surface area contributed by atoms with Crippen molar-refractivity contribution in [3.05, 3.63) is 29.1 Å². The van der Waals surface area contributed by atoms with Gasteiger partial charge in [0.15, 0.2) is 0 Å². The van der Waals surface area contributed by atoms with Crippen molar-refractivity contribution < 1.29 is 9.13 Å². The molecule has 1 atom stereocenters. The number of halogens is 1. The molecule has 0 aromatic heterocycles. The van der Waals surface area contributed by atoms with E-state index in [2.05, 4.69) is 5.32 Å². The van der Waals surface area contributed by atoms with Gasteiger partial charge in [0.05, 0.1) is 7.11 Å². The summed E-state index contributed by atoms with van der Waals surface area (Å²) in [5.74, 6) is 0.654. The average molecular weight is 223 g/mol. The van der Waals surface area contributed by atoms with Gasteiger partial charge in [-0.1, -0.05) is 0 Å². The van der Waals surface area contributed by atoms with Crippen LogP contribution in [0.25, 0.3) is 0 Å². The van der Waals surface area contributed by atoms with Crippen molar-refractivity contribution in [1.82, 2.24) is 5.32 Å². The first-order valence-electron chi connectivity index (χ1n) is 5.77. The van der Waals surface area contributed by atoms with E-state index in [0.29, 0.717) is 11.6 Å². The molecule has 16 heavy (non-hydrogen) atoms. The molecule has 1 aromatic rings. The molecule has 0 radical (unpaired) electrons. The predicted molar refractivity (Wildman–Crippen MR) is 62.4 cm³/mol.